The van der Waals surface area contributed by atoms with Crippen LogP contribution in [0.15, 0.2) is 6.20 Å². The van der Waals surface area contributed by atoms with E-state index < -0.39 is 0 Å². The molecule has 1 aromatic rings. The van der Waals surface area contributed by atoms with Crippen LogP contribution in [0.25, 0.3) is 0 Å². The van der Waals surface area contributed by atoms with E-state index in [4.69, 9.17) is 16.7 Å². The van der Waals surface area contributed by atoms with Gasteiger partial charge in [-0.3, -0.25) is 0 Å². The Hall–Kier alpha value is 0.230. The number of aromatic nitrogens is 1. The van der Waals surface area contributed by atoms with Gasteiger partial charge in [-0.05, 0) is 11.7 Å². The molecular weight excluding hydrogens is 226 g/mol. The van der Waals surface area contributed by atoms with E-state index in [1.54, 1.807) is 11.8 Å². The highest BCUT2D eigenvalue weighted by atomic mass is 35.5. The van der Waals surface area contributed by atoms with Crippen molar-refractivity contribution in [2.24, 2.45) is 5.92 Å². The quantitative estimate of drug-likeness (QED) is 0.855. The van der Waals surface area contributed by atoms with Crippen LogP contribution in [0.3, 0.4) is 0 Å². The molecule has 0 fully saturated rings. The van der Waals surface area contributed by atoms with Gasteiger partial charge < -0.3 is 5.11 Å². The fourth-order valence-electron chi connectivity index (χ4n) is 0.764. The Morgan fingerprint density at radius 3 is 3.08 bits per heavy atom. The van der Waals surface area contributed by atoms with E-state index >= 15 is 0 Å². The Bertz CT molecular complexity index is 254. The van der Waals surface area contributed by atoms with Crippen molar-refractivity contribution in [2.75, 3.05) is 12.4 Å². The number of aliphatic hydroxyl groups is 1. The standard InChI is InChI=1S/C8H12ClNOS2/c1-6(3-11)4-12-5-7-2-10-8(9)13-7/h2,6,11H,3-5H2,1H3. The number of hydrogen-bond donors (Lipinski definition) is 1. The molecule has 1 N–H and O–H groups in total. The summed E-state index contributed by atoms with van der Waals surface area (Å²) in [6, 6.07) is 0. The molecule has 0 saturated heterocycles. The predicted molar refractivity (Wildman–Crippen MR) is 59.5 cm³/mol. The number of rotatable bonds is 5. The summed E-state index contributed by atoms with van der Waals surface area (Å²) in [5.41, 5.74) is 0. The van der Waals surface area contributed by atoms with Crippen molar-refractivity contribution in [3.8, 4) is 0 Å². The molecule has 1 unspecified atom stereocenters. The minimum atomic E-state index is 0.260. The van der Waals surface area contributed by atoms with Crippen molar-refractivity contribution in [3.63, 3.8) is 0 Å². The molecule has 0 aliphatic heterocycles. The van der Waals surface area contributed by atoms with E-state index in [-0.39, 0.29) is 6.61 Å². The zero-order valence-electron chi connectivity index (χ0n) is 7.36. The van der Waals surface area contributed by atoms with E-state index in [1.807, 2.05) is 13.1 Å². The average molecular weight is 238 g/mol. The van der Waals surface area contributed by atoms with Crippen LogP contribution in [-0.2, 0) is 5.75 Å². The maximum absolute atomic E-state index is 8.79. The lowest BCUT2D eigenvalue weighted by Gasteiger charge is -2.05. The highest BCUT2D eigenvalue weighted by Gasteiger charge is 2.02. The second kappa shape index (κ2) is 5.86. The van der Waals surface area contributed by atoms with Crippen LogP contribution < -0.4 is 0 Å². The number of thioether (sulfide) groups is 1. The maximum Gasteiger partial charge on any atom is 0.183 e. The van der Waals surface area contributed by atoms with Crippen LogP contribution in [0.5, 0.6) is 0 Å². The van der Waals surface area contributed by atoms with Gasteiger partial charge in [0.1, 0.15) is 0 Å². The first-order valence-corrected chi connectivity index (χ1v) is 6.36. The second-order valence-electron chi connectivity index (χ2n) is 2.88. The first-order chi connectivity index (χ1) is 6.22. The highest BCUT2D eigenvalue weighted by molar-refractivity contribution is 7.98. The van der Waals surface area contributed by atoms with Gasteiger partial charge in [0.2, 0.25) is 0 Å². The zero-order chi connectivity index (χ0) is 9.68. The van der Waals surface area contributed by atoms with Crippen LogP contribution in [-0.4, -0.2) is 22.5 Å². The van der Waals surface area contributed by atoms with E-state index in [0.29, 0.717) is 10.4 Å². The van der Waals surface area contributed by atoms with Crippen molar-refractivity contribution < 1.29 is 5.11 Å². The largest absolute Gasteiger partial charge is 0.396 e. The molecule has 13 heavy (non-hydrogen) atoms. The molecule has 0 aliphatic carbocycles. The molecule has 0 radical (unpaired) electrons. The number of aliphatic hydroxyl groups excluding tert-OH is 1. The Kier molecular flexibility index (Phi) is 5.09. The number of hydrogen-bond acceptors (Lipinski definition) is 4. The molecule has 1 heterocycles. The third kappa shape index (κ3) is 4.31. The normalized spacial score (nSPS) is 13.2. The lowest BCUT2D eigenvalue weighted by molar-refractivity contribution is 0.250. The molecule has 1 atom stereocenters. The van der Waals surface area contributed by atoms with Crippen molar-refractivity contribution >= 4 is 34.7 Å². The van der Waals surface area contributed by atoms with Crippen LogP contribution in [0.1, 0.15) is 11.8 Å². The maximum atomic E-state index is 8.79. The SMILES string of the molecule is CC(CO)CSCc1cnc(Cl)s1. The Balaban J connectivity index is 2.20. The molecule has 0 aliphatic rings. The molecular formula is C8H12ClNOS2. The molecule has 0 saturated carbocycles. The molecule has 1 aromatic heterocycles. The van der Waals surface area contributed by atoms with Crippen molar-refractivity contribution in [1.29, 1.82) is 0 Å². The lowest BCUT2D eigenvalue weighted by atomic mass is 10.2. The number of nitrogens with zero attached hydrogens (tertiary/aromatic N) is 1. The van der Waals surface area contributed by atoms with E-state index in [2.05, 4.69) is 4.98 Å². The summed E-state index contributed by atoms with van der Waals surface area (Å²) in [4.78, 5) is 5.15. The molecule has 2 nitrogen and oxygen atoms in total. The second-order valence-corrected chi connectivity index (χ2v) is 5.61. The third-order valence-electron chi connectivity index (χ3n) is 1.48. The van der Waals surface area contributed by atoms with Crippen LogP contribution >= 0.6 is 34.7 Å². The summed E-state index contributed by atoms with van der Waals surface area (Å²) in [7, 11) is 0. The van der Waals surface area contributed by atoms with Gasteiger partial charge >= 0.3 is 0 Å². The molecule has 0 bridgehead atoms. The van der Waals surface area contributed by atoms with Gasteiger partial charge in [-0.25, -0.2) is 4.98 Å². The van der Waals surface area contributed by atoms with Gasteiger partial charge in [-0.1, -0.05) is 18.5 Å². The van der Waals surface area contributed by atoms with Crippen molar-refractivity contribution in [1.82, 2.24) is 4.98 Å². The number of halogens is 1. The van der Waals surface area contributed by atoms with Gasteiger partial charge in [0.05, 0.1) is 0 Å². The molecule has 0 aromatic carbocycles. The minimum absolute atomic E-state index is 0.260. The van der Waals surface area contributed by atoms with Gasteiger partial charge in [-0.2, -0.15) is 11.8 Å². The fourth-order valence-corrected chi connectivity index (χ4v) is 2.92. The van der Waals surface area contributed by atoms with Crippen molar-refractivity contribution in [3.05, 3.63) is 15.5 Å². The molecule has 0 amide bonds. The molecule has 1 rings (SSSR count). The molecule has 5 heteroatoms. The van der Waals surface area contributed by atoms with E-state index in [0.717, 1.165) is 11.5 Å². The Morgan fingerprint density at radius 1 is 1.77 bits per heavy atom. The van der Waals surface area contributed by atoms with E-state index in [9.17, 15) is 0 Å². The van der Waals surface area contributed by atoms with Gasteiger partial charge in [0.25, 0.3) is 0 Å². The average Bonchev–Trinajstić information content (AvgIpc) is 2.51. The summed E-state index contributed by atoms with van der Waals surface area (Å²) < 4.78 is 0.603. The monoisotopic (exact) mass is 237 g/mol. The molecule has 74 valence electrons. The third-order valence-corrected chi connectivity index (χ3v) is 4.10. The Labute approximate surface area is 91.3 Å². The topological polar surface area (TPSA) is 33.1 Å². The van der Waals surface area contributed by atoms with E-state index in [1.165, 1.54) is 16.2 Å². The summed E-state index contributed by atoms with van der Waals surface area (Å²) >= 11 is 9.01. The molecule has 0 spiro atoms. The minimum Gasteiger partial charge on any atom is -0.396 e. The Morgan fingerprint density at radius 2 is 2.54 bits per heavy atom. The summed E-state index contributed by atoms with van der Waals surface area (Å²) in [6.07, 6.45) is 1.81. The van der Waals surface area contributed by atoms with Crippen LogP contribution in [0.2, 0.25) is 4.47 Å². The smallest absolute Gasteiger partial charge is 0.183 e. The van der Waals surface area contributed by atoms with Gasteiger partial charge in [0, 0.05) is 23.4 Å². The lowest BCUT2D eigenvalue weighted by Crippen LogP contribution is -2.03. The summed E-state index contributed by atoms with van der Waals surface area (Å²) in [5.74, 6) is 2.29. The predicted octanol–water partition coefficient (Wildman–Crippen LogP) is 2.66. The first-order valence-electron chi connectivity index (χ1n) is 4.01. The fraction of sp³-hybridized carbons (Fsp3) is 0.625. The van der Waals surface area contributed by atoms with Gasteiger partial charge in [0.15, 0.2) is 4.47 Å². The van der Waals surface area contributed by atoms with Crippen LogP contribution in [0, 0.1) is 5.92 Å². The summed E-state index contributed by atoms with van der Waals surface area (Å²) in [5, 5.41) is 8.79. The van der Waals surface area contributed by atoms with Gasteiger partial charge in [-0.15, -0.1) is 11.3 Å². The number of thiazole rings is 1. The highest BCUT2D eigenvalue weighted by Crippen LogP contribution is 2.23. The van der Waals surface area contributed by atoms with Crippen molar-refractivity contribution in [2.45, 2.75) is 12.7 Å². The van der Waals surface area contributed by atoms with Crippen LogP contribution in [0.4, 0.5) is 0 Å². The zero-order valence-corrected chi connectivity index (χ0v) is 9.75. The first kappa shape index (κ1) is 11.3. The summed E-state index contributed by atoms with van der Waals surface area (Å²) in [6.45, 7) is 2.29.